The Labute approximate surface area is 128 Å². The molecular weight excluding hydrogens is 316 g/mol. The first-order valence-electron chi connectivity index (χ1n) is 6.03. The van der Waals surface area contributed by atoms with Crippen molar-refractivity contribution in [3.05, 3.63) is 46.2 Å². The molecule has 1 heterocycles. The first kappa shape index (κ1) is 15.9. The molecule has 1 aromatic carbocycles. The number of thiophene rings is 1. The number of ether oxygens (including phenoxy) is 2. The van der Waals surface area contributed by atoms with E-state index in [1.807, 2.05) is 0 Å². The van der Waals surface area contributed by atoms with E-state index in [0.29, 0.717) is 5.69 Å². The lowest BCUT2D eigenvalue weighted by atomic mass is 10.2. The lowest BCUT2D eigenvalue weighted by Gasteiger charge is -2.07. The second-order valence-corrected chi connectivity index (χ2v) is 4.93. The third kappa shape index (κ3) is 3.79. The third-order valence-electron chi connectivity index (χ3n) is 2.63. The van der Waals surface area contributed by atoms with Crippen LogP contribution in [0.4, 0.5) is 14.5 Å². The van der Waals surface area contributed by atoms with E-state index in [0.717, 1.165) is 11.3 Å². The number of carbonyl (C=O) groups is 2. The van der Waals surface area contributed by atoms with Gasteiger partial charge in [0.25, 0.3) is 5.91 Å². The molecule has 1 aromatic heterocycles. The number of esters is 1. The molecule has 0 fully saturated rings. The number of benzene rings is 1. The van der Waals surface area contributed by atoms with Crippen LogP contribution in [0.3, 0.4) is 0 Å². The molecule has 0 saturated carbocycles. The molecule has 5 nitrogen and oxygen atoms in total. The molecule has 0 aliphatic rings. The van der Waals surface area contributed by atoms with Crippen LogP contribution in [0.15, 0.2) is 35.7 Å². The summed E-state index contributed by atoms with van der Waals surface area (Å²) in [6.45, 7) is -2.92. The fourth-order valence-electron chi connectivity index (χ4n) is 1.64. The molecule has 1 N–H and O–H groups in total. The van der Waals surface area contributed by atoms with Gasteiger partial charge in [0.1, 0.15) is 10.6 Å². The minimum Gasteiger partial charge on any atom is -0.465 e. The molecule has 22 heavy (non-hydrogen) atoms. The summed E-state index contributed by atoms with van der Waals surface area (Å²) in [5.41, 5.74) is 0.568. The van der Waals surface area contributed by atoms with Crippen molar-refractivity contribution in [2.75, 3.05) is 12.4 Å². The smallest absolute Gasteiger partial charge is 0.387 e. The Morgan fingerprint density at radius 1 is 1.18 bits per heavy atom. The summed E-state index contributed by atoms with van der Waals surface area (Å²) in [5.74, 6) is -1.07. The van der Waals surface area contributed by atoms with Gasteiger partial charge in [-0.1, -0.05) is 0 Å². The summed E-state index contributed by atoms with van der Waals surface area (Å²) < 4.78 is 32.9. The molecule has 0 saturated heterocycles. The number of carbonyl (C=O) groups excluding carboxylic acids is 2. The van der Waals surface area contributed by atoms with Crippen LogP contribution in [-0.4, -0.2) is 25.6 Å². The van der Waals surface area contributed by atoms with E-state index in [9.17, 15) is 18.4 Å². The van der Waals surface area contributed by atoms with E-state index in [1.165, 1.54) is 31.4 Å². The van der Waals surface area contributed by atoms with Crippen molar-refractivity contribution in [3.8, 4) is 5.75 Å². The van der Waals surface area contributed by atoms with Gasteiger partial charge in [0.2, 0.25) is 0 Å². The summed E-state index contributed by atoms with van der Waals surface area (Å²) in [7, 11) is 1.25. The molecule has 0 aliphatic carbocycles. The van der Waals surface area contributed by atoms with Gasteiger partial charge in [-0.3, -0.25) is 4.79 Å². The van der Waals surface area contributed by atoms with Crippen molar-refractivity contribution in [3.63, 3.8) is 0 Å². The van der Waals surface area contributed by atoms with Gasteiger partial charge in [0.15, 0.2) is 0 Å². The maximum Gasteiger partial charge on any atom is 0.387 e. The van der Waals surface area contributed by atoms with Crippen LogP contribution in [0.25, 0.3) is 0 Å². The van der Waals surface area contributed by atoms with E-state index in [2.05, 4.69) is 14.8 Å². The van der Waals surface area contributed by atoms with Gasteiger partial charge < -0.3 is 14.8 Å². The van der Waals surface area contributed by atoms with Crippen LogP contribution in [-0.2, 0) is 4.74 Å². The Bertz CT molecular complexity index is 670. The van der Waals surface area contributed by atoms with Crippen LogP contribution in [0, 0.1) is 0 Å². The first-order valence-corrected chi connectivity index (χ1v) is 6.91. The third-order valence-corrected chi connectivity index (χ3v) is 3.52. The average molecular weight is 327 g/mol. The normalized spacial score (nSPS) is 10.4. The first-order chi connectivity index (χ1) is 10.5. The molecular formula is C14H11F2NO4S. The fraction of sp³-hybridized carbons (Fsp3) is 0.143. The van der Waals surface area contributed by atoms with Crippen molar-refractivity contribution in [2.45, 2.75) is 6.61 Å². The number of amides is 1. The maximum atomic E-state index is 12.1. The monoisotopic (exact) mass is 327 g/mol. The van der Waals surface area contributed by atoms with Gasteiger partial charge in [-0.05, 0) is 35.7 Å². The second kappa shape index (κ2) is 6.99. The maximum absolute atomic E-state index is 12.1. The molecule has 1 amide bonds. The van der Waals surface area contributed by atoms with E-state index < -0.39 is 18.5 Å². The lowest BCUT2D eigenvalue weighted by Crippen LogP contribution is -2.14. The quantitative estimate of drug-likeness (QED) is 0.855. The van der Waals surface area contributed by atoms with Gasteiger partial charge in [0, 0.05) is 5.56 Å². The predicted octanol–water partition coefficient (Wildman–Crippen LogP) is 3.39. The Morgan fingerprint density at radius 3 is 2.45 bits per heavy atom. The van der Waals surface area contributed by atoms with E-state index in [-0.39, 0.29) is 16.2 Å². The Hall–Kier alpha value is -2.48. The van der Waals surface area contributed by atoms with Crippen LogP contribution in [0.5, 0.6) is 5.75 Å². The number of alkyl halides is 2. The Kier molecular flexibility index (Phi) is 5.05. The van der Waals surface area contributed by atoms with Gasteiger partial charge in [-0.25, -0.2) is 4.79 Å². The highest BCUT2D eigenvalue weighted by atomic mass is 32.1. The van der Waals surface area contributed by atoms with E-state index in [4.69, 9.17) is 0 Å². The summed E-state index contributed by atoms with van der Waals surface area (Å²) in [6.07, 6.45) is 0. The molecule has 116 valence electrons. The van der Waals surface area contributed by atoms with Gasteiger partial charge in [-0.15, -0.1) is 11.3 Å². The minimum atomic E-state index is -2.92. The molecule has 8 heteroatoms. The van der Waals surface area contributed by atoms with Crippen molar-refractivity contribution in [1.29, 1.82) is 0 Å². The van der Waals surface area contributed by atoms with Crippen LogP contribution in [0.2, 0.25) is 0 Å². The number of nitrogens with one attached hydrogen (secondary N) is 1. The van der Waals surface area contributed by atoms with Gasteiger partial charge >= 0.3 is 12.6 Å². The zero-order valence-electron chi connectivity index (χ0n) is 11.3. The van der Waals surface area contributed by atoms with Crippen LogP contribution < -0.4 is 10.1 Å². The highest BCUT2D eigenvalue weighted by Crippen LogP contribution is 2.24. The average Bonchev–Trinajstić information content (AvgIpc) is 2.94. The highest BCUT2D eigenvalue weighted by molar-refractivity contribution is 7.12. The van der Waals surface area contributed by atoms with Crippen LogP contribution >= 0.6 is 11.3 Å². The number of halogens is 2. The van der Waals surface area contributed by atoms with E-state index >= 15 is 0 Å². The summed E-state index contributed by atoms with van der Waals surface area (Å²) in [6, 6.07) is 6.78. The van der Waals surface area contributed by atoms with Crippen molar-refractivity contribution >= 4 is 28.9 Å². The number of rotatable bonds is 5. The molecule has 2 aromatic rings. The van der Waals surface area contributed by atoms with Crippen molar-refractivity contribution in [1.82, 2.24) is 0 Å². The Morgan fingerprint density at radius 2 is 1.86 bits per heavy atom. The largest absolute Gasteiger partial charge is 0.465 e. The number of hydrogen-bond donors (Lipinski definition) is 1. The predicted molar refractivity (Wildman–Crippen MR) is 76.7 cm³/mol. The molecule has 0 bridgehead atoms. The van der Waals surface area contributed by atoms with Crippen molar-refractivity contribution < 1.29 is 27.8 Å². The molecule has 0 unspecified atom stereocenters. The van der Waals surface area contributed by atoms with Gasteiger partial charge in [-0.2, -0.15) is 8.78 Å². The summed E-state index contributed by atoms with van der Waals surface area (Å²) >= 11 is 1.14. The summed E-state index contributed by atoms with van der Waals surface area (Å²) in [4.78, 5) is 23.8. The SMILES string of the molecule is COC(=O)c1sccc1NC(=O)c1ccc(OC(F)F)cc1. The van der Waals surface area contributed by atoms with Crippen LogP contribution in [0.1, 0.15) is 20.0 Å². The molecule has 0 aliphatic heterocycles. The fourth-order valence-corrected chi connectivity index (χ4v) is 2.41. The number of methoxy groups -OCH3 is 1. The molecule has 2 rings (SSSR count). The molecule has 0 radical (unpaired) electrons. The topological polar surface area (TPSA) is 64.6 Å². The van der Waals surface area contributed by atoms with E-state index in [1.54, 1.807) is 11.4 Å². The zero-order valence-corrected chi connectivity index (χ0v) is 12.2. The van der Waals surface area contributed by atoms with Crippen molar-refractivity contribution in [2.24, 2.45) is 0 Å². The zero-order chi connectivity index (χ0) is 16.1. The minimum absolute atomic E-state index is 0.0441. The number of anilines is 1. The summed E-state index contributed by atoms with van der Waals surface area (Å²) in [5, 5.41) is 4.20. The standard InChI is InChI=1S/C14H11F2NO4S/c1-20-13(19)11-10(6-7-22-11)17-12(18)8-2-4-9(5-3-8)21-14(15)16/h2-7,14H,1H3,(H,17,18). The molecule has 0 atom stereocenters. The molecule has 0 spiro atoms. The highest BCUT2D eigenvalue weighted by Gasteiger charge is 2.16. The Balaban J connectivity index is 2.09. The second-order valence-electron chi connectivity index (χ2n) is 4.01. The lowest BCUT2D eigenvalue weighted by molar-refractivity contribution is -0.0498. The number of hydrogen-bond acceptors (Lipinski definition) is 5. The van der Waals surface area contributed by atoms with Gasteiger partial charge in [0.05, 0.1) is 12.8 Å².